The molecule has 5 heteroatoms. The molecular formula is C11H16ClNO2S. The van der Waals surface area contributed by atoms with Gasteiger partial charge in [0.15, 0.2) is 0 Å². The van der Waals surface area contributed by atoms with Crippen molar-refractivity contribution in [3.63, 3.8) is 0 Å². The van der Waals surface area contributed by atoms with E-state index in [2.05, 4.69) is 0 Å². The highest BCUT2D eigenvalue weighted by Crippen LogP contribution is 2.31. The lowest BCUT2D eigenvalue weighted by molar-refractivity contribution is 0.505. The Hall–Kier alpha value is -0.580. The van der Waals surface area contributed by atoms with Crippen LogP contribution < -0.4 is 5.14 Å². The maximum Gasteiger partial charge on any atom is 0.239 e. The van der Waals surface area contributed by atoms with Crippen molar-refractivity contribution in [1.29, 1.82) is 0 Å². The Balaban J connectivity index is 3.40. The third kappa shape index (κ3) is 2.75. The van der Waals surface area contributed by atoms with Gasteiger partial charge in [-0.2, -0.15) is 0 Å². The van der Waals surface area contributed by atoms with Gasteiger partial charge in [-0.15, -0.1) is 0 Å². The first-order chi connectivity index (χ1) is 7.18. The first-order valence-corrected chi connectivity index (χ1v) is 6.94. The average molecular weight is 262 g/mol. The fraction of sp³-hybridized carbons (Fsp3) is 0.455. The second-order valence-electron chi connectivity index (χ2n) is 4.43. The molecule has 3 nitrogen and oxygen atoms in total. The third-order valence-electron chi connectivity index (χ3n) is 2.90. The summed E-state index contributed by atoms with van der Waals surface area (Å²) in [7, 11) is -3.76. The minimum Gasteiger partial charge on any atom is -0.225 e. The van der Waals surface area contributed by atoms with Crippen molar-refractivity contribution in [3.8, 4) is 0 Å². The molecule has 0 atom stereocenters. The van der Waals surface area contributed by atoms with E-state index in [4.69, 9.17) is 16.7 Å². The number of hydrogen-bond donors (Lipinski definition) is 1. The number of halogens is 1. The number of sulfonamides is 1. The summed E-state index contributed by atoms with van der Waals surface area (Å²) in [4.78, 5) is -0.00630. The zero-order valence-corrected chi connectivity index (χ0v) is 11.2. The van der Waals surface area contributed by atoms with E-state index >= 15 is 0 Å². The van der Waals surface area contributed by atoms with Gasteiger partial charge in [-0.1, -0.05) is 38.4 Å². The summed E-state index contributed by atoms with van der Waals surface area (Å²) in [6.45, 7) is 6.14. The minimum absolute atomic E-state index is 0.00630. The monoisotopic (exact) mass is 261 g/mol. The summed E-state index contributed by atoms with van der Waals surface area (Å²) < 4.78 is 22.6. The van der Waals surface area contributed by atoms with Crippen molar-refractivity contribution in [2.45, 2.75) is 37.5 Å². The number of hydrogen-bond acceptors (Lipinski definition) is 2. The fourth-order valence-corrected chi connectivity index (χ4v) is 2.42. The maximum atomic E-state index is 11.3. The van der Waals surface area contributed by atoms with Gasteiger partial charge >= 0.3 is 0 Å². The van der Waals surface area contributed by atoms with Gasteiger partial charge in [0.05, 0.1) is 5.02 Å². The lowest BCUT2D eigenvalue weighted by Gasteiger charge is -2.23. The third-order valence-corrected chi connectivity index (χ3v) is 4.30. The van der Waals surface area contributed by atoms with E-state index in [0.29, 0.717) is 0 Å². The topological polar surface area (TPSA) is 60.2 Å². The summed E-state index contributed by atoms with van der Waals surface area (Å²) in [5.41, 5.74) is 0.827. The van der Waals surface area contributed by atoms with Crippen molar-refractivity contribution >= 4 is 21.6 Å². The molecule has 0 radical (unpaired) electrons. The second-order valence-corrected chi connectivity index (χ2v) is 6.36. The largest absolute Gasteiger partial charge is 0.239 e. The van der Waals surface area contributed by atoms with Crippen LogP contribution in [0.4, 0.5) is 0 Å². The van der Waals surface area contributed by atoms with E-state index in [1.807, 2.05) is 26.8 Å². The molecule has 1 aromatic carbocycles. The van der Waals surface area contributed by atoms with E-state index in [1.165, 1.54) is 0 Å². The second kappa shape index (κ2) is 4.35. The van der Waals surface area contributed by atoms with Gasteiger partial charge in [0, 0.05) is 0 Å². The molecule has 0 aliphatic rings. The molecule has 1 aromatic rings. The van der Waals surface area contributed by atoms with Gasteiger partial charge < -0.3 is 0 Å². The van der Waals surface area contributed by atoms with Crippen LogP contribution in [-0.4, -0.2) is 8.42 Å². The Kier molecular flexibility index (Phi) is 3.67. The predicted octanol–water partition coefficient (Wildman–Crippen LogP) is 2.67. The molecule has 0 saturated carbocycles. The van der Waals surface area contributed by atoms with Crippen LogP contribution in [0.15, 0.2) is 23.1 Å². The minimum atomic E-state index is -3.76. The van der Waals surface area contributed by atoms with E-state index in [-0.39, 0.29) is 15.3 Å². The summed E-state index contributed by atoms with van der Waals surface area (Å²) in [6, 6.07) is 4.97. The quantitative estimate of drug-likeness (QED) is 0.909. The van der Waals surface area contributed by atoms with Gasteiger partial charge in [-0.3, -0.25) is 0 Å². The van der Waals surface area contributed by atoms with Crippen molar-refractivity contribution < 1.29 is 8.42 Å². The summed E-state index contributed by atoms with van der Waals surface area (Å²) in [5, 5.41) is 5.26. The molecule has 90 valence electrons. The first kappa shape index (κ1) is 13.5. The highest BCUT2D eigenvalue weighted by Gasteiger charge is 2.21. The van der Waals surface area contributed by atoms with E-state index in [9.17, 15) is 8.42 Å². The molecule has 0 spiro atoms. The SMILES string of the molecule is CCC(C)(C)c1ccc(Cl)c(S(N)(=O)=O)c1. The van der Waals surface area contributed by atoms with Crippen LogP contribution in [0.2, 0.25) is 5.02 Å². The Morgan fingerprint density at radius 1 is 1.38 bits per heavy atom. The van der Waals surface area contributed by atoms with Gasteiger partial charge in [-0.25, -0.2) is 13.6 Å². The van der Waals surface area contributed by atoms with Crippen LogP contribution >= 0.6 is 11.6 Å². The van der Waals surface area contributed by atoms with Crippen LogP contribution in [0.3, 0.4) is 0 Å². The smallest absolute Gasteiger partial charge is 0.225 e. The standard InChI is InChI=1S/C11H16ClNO2S/c1-4-11(2,3)8-5-6-9(12)10(7-8)16(13,14)15/h5-7H,4H2,1-3H3,(H2,13,14,15). The van der Waals surface area contributed by atoms with Gasteiger partial charge in [0.25, 0.3) is 0 Å². The van der Waals surface area contributed by atoms with Crippen LogP contribution in [0, 0.1) is 0 Å². The molecule has 16 heavy (non-hydrogen) atoms. The molecule has 0 unspecified atom stereocenters. The molecular weight excluding hydrogens is 246 g/mol. The molecule has 0 aromatic heterocycles. The first-order valence-electron chi connectivity index (χ1n) is 5.01. The van der Waals surface area contributed by atoms with E-state index in [1.54, 1.807) is 12.1 Å². The van der Waals surface area contributed by atoms with Crippen molar-refractivity contribution in [2.75, 3.05) is 0 Å². The number of nitrogens with two attached hydrogens (primary N) is 1. The molecule has 0 aliphatic heterocycles. The van der Waals surface area contributed by atoms with Gasteiger partial charge in [-0.05, 0) is 29.5 Å². The van der Waals surface area contributed by atoms with Crippen LogP contribution in [0.5, 0.6) is 0 Å². The van der Waals surface area contributed by atoms with E-state index < -0.39 is 10.0 Å². The van der Waals surface area contributed by atoms with Crippen molar-refractivity contribution in [3.05, 3.63) is 28.8 Å². The predicted molar refractivity (Wildman–Crippen MR) is 66.1 cm³/mol. The molecule has 0 amide bonds. The molecule has 0 aliphatic carbocycles. The zero-order chi connectivity index (χ0) is 12.6. The number of rotatable bonds is 3. The Bertz CT molecular complexity index is 495. The fourth-order valence-electron chi connectivity index (χ4n) is 1.35. The Morgan fingerprint density at radius 3 is 2.38 bits per heavy atom. The van der Waals surface area contributed by atoms with Crippen molar-refractivity contribution in [2.24, 2.45) is 5.14 Å². The summed E-state index contributed by atoms with van der Waals surface area (Å²) >= 11 is 5.81. The van der Waals surface area contributed by atoms with E-state index in [0.717, 1.165) is 12.0 Å². The summed E-state index contributed by atoms with van der Waals surface area (Å²) in [5.74, 6) is 0. The number of benzene rings is 1. The van der Waals surface area contributed by atoms with Crippen LogP contribution in [0.25, 0.3) is 0 Å². The Morgan fingerprint density at radius 2 is 1.94 bits per heavy atom. The molecule has 0 saturated heterocycles. The van der Waals surface area contributed by atoms with Crippen LogP contribution in [-0.2, 0) is 15.4 Å². The molecule has 0 fully saturated rings. The highest BCUT2D eigenvalue weighted by molar-refractivity contribution is 7.89. The lowest BCUT2D eigenvalue weighted by atomic mass is 9.82. The van der Waals surface area contributed by atoms with Gasteiger partial charge in [0.1, 0.15) is 4.90 Å². The average Bonchev–Trinajstić information content (AvgIpc) is 2.16. The normalized spacial score (nSPS) is 12.8. The molecule has 2 N–H and O–H groups in total. The maximum absolute atomic E-state index is 11.3. The number of primary sulfonamides is 1. The highest BCUT2D eigenvalue weighted by atomic mass is 35.5. The van der Waals surface area contributed by atoms with Crippen molar-refractivity contribution in [1.82, 2.24) is 0 Å². The Labute approximate surface area is 102 Å². The molecule has 0 heterocycles. The molecule has 1 rings (SSSR count). The summed E-state index contributed by atoms with van der Waals surface area (Å²) in [6.07, 6.45) is 0.901. The zero-order valence-electron chi connectivity index (χ0n) is 9.62. The van der Waals surface area contributed by atoms with Gasteiger partial charge in [0.2, 0.25) is 10.0 Å². The molecule has 0 bridgehead atoms. The van der Waals surface area contributed by atoms with Crippen LogP contribution in [0.1, 0.15) is 32.8 Å². The lowest BCUT2D eigenvalue weighted by Crippen LogP contribution is -2.18.